The van der Waals surface area contributed by atoms with Crippen LogP contribution >= 0.6 is 0 Å². The molecule has 0 aromatic carbocycles. The van der Waals surface area contributed by atoms with E-state index in [0.29, 0.717) is 0 Å². The molecule has 0 atom stereocenters. The average molecular weight is 180 g/mol. The first-order valence-corrected chi connectivity index (χ1v) is 0.651. The van der Waals surface area contributed by atoms with Crippen molar-refractivity contribution in [1.29, 1.82) is 0 Å². The van der Waals surface area contributed by atoms with Gasteiger partial charge in [-0.2, -0.15) is 0 Å². The third-order valence-corrected chi connectivity index (χ3v) is 0. The number of carboxylic acid groups (broad SMARTS) is 2. The van der Waals surface area contributed by atoms with Crippen molar-refractivity contribution >= 4 is 29.2 Å². The van der Waals surface area contributed by atoms with Crippen LogP contribution in [0.3, 0.4) is 0 Å². The van der Waals surface area contributed by atoms with Gasteiger partial charge in [-0.25, -0.2) is 4.79 Å². The molecule has 0 spiro atoms. The molecule has 6 heavy (non-hydrogen) atoms. The molecular formula is CH4MgO3Zr. The summed E-state index contributed by atoms with van der Waals surface area (Å²) in [6.45, 7) is 0. The predicted molar refractivity (Wildman–Crippen MR) is 19.2 cm³/mol. The second kappa shape index (κ2) is 9.33. The van der Waals surface area contributed by atoms with Crippen LogP contribution in [-0.2, 0) is 26.2 Å². The fourth-order valence-corrected chi connectivity index (χ4v) is 0. The van der Waals surface area contributed by atoms with Crippen LogP contribution in [0.5, 0.6) is 0 Å². The van der Waals surface area contributed by atoms with Gasteiger partial charge < -0.3 is 10.2 Å². The molecule has 0 unspecified atom stereocenters. The van der Waals surface area contributed by atoms with Gasteiger partial charge in [0.05, 0.1) is 0 Å². The summed E-state index contributed by atoms with van der Waals surface area (Å²) < 4.78 is 0. The molecule has 0 amide bonds. The Balaban J connectivity index is -0.0000000450. The summed E-state index contributed by atoms with van der Waals surface area (Å²) in [5, 5.41) is 13.9. The van der Waals surface area contributed by atoms with Crippen molar-refractivity contribution in [3.63, 3.8) is 0 Å². The van der Waals surface area contributed by atoms with Gasteiger partial charge in [0.2, 0.25) is 0 Å². The zero-order chi connectivity index (χ0) is 3.58. The van der Waals surface area contributed by atoms with E-state index in [9.17, 15) is 0 Å². The third kappa shape index (κ3) is 89.4. The van der Waals surface area contributed by atoms with Gasteiger partial charge >= 0.3 is 29.2 Å². The Bertz CT molecular complexity index is 33.8. The summed E-state index contributed by atoms with van der Waals surface area (Å²) in [7, 11) is 0. The average Bonchev–Trinajstić information content (AvgIpc) is 0.811. The maximum absolute atomic E-state index is 8.56. The second-order valence-corrected chi connectivity index (χ2v) is 0.283. The van der Waals surface area contributed by atoms with Gasteiger partial charge in [-0.3, -0.25) is 0 Å². The van der Waals surface area contributed by atoms with Crippen molar-refractivity contribution < 1.29 is 41.2 Å². The first-order valence-electron chi connectivity index (χ1n) is 0.651. The van der Waals surface area contributed by atoms with Gasteiger partial charge in [-0.15, -0.1) is 0 Å². The van der Waals surface area contributed by atoms with Gasteiger partial charge in [-0.1, -0.05) is 0 Å². The Morgan fingerprint density at radius 1 is 1.33 bits per heavy atom. The zero-order valence-electron chi connectivity index (χ0n) is 2.30. The van der Waals surface area contributed by atoms with E-state index in [2.05, 4.69) is 0 Å². The van der Waals surface area contributed by atoms with E-state index in [-0.39, 0.29) is 49.3 Å². The van der Waals surface area contributed by atoms with Crippen LogP contribution in [0.25, 0.3) is 0 Å². The van der Waals surface area contributed by atoms with Crippen molar-refractivity contribution in [2.24, 2.45) is 0 Å². The molecule has 0 radical (unpaired) electrons. The van der Waals surface area contributed by atoms with E-state index in [1.165, 1.54) is 0 Å². The van der Waals surface area contributed by atoms with Gasteiger partial charge in [0, 0.05) is 26.2 Å². The van der Waals surface area contributed by atoms with Crippen LogP contribution in [0.2, 0.25) is 0 Å². The normalized spacial score (nSPS) is 4.00. The molecule has 0 heterocycles. The number of carbonyl (C=O) groups is 1. The quantitative estimate of drug-likeness (QED) is 0.484. The van der Waals surface area contributed by atoms with E-state index >= 15 is 0 Å². The Labute approximate surface area is 70.0 Å². The summed E-state index contributed by atoms with van der Waals surface area (Å²) in [6, 6.07) is 0. The van der Waals surface area contributed by atoms with E-state index in [0.717, 1.165) is 0 Å². The first-order chi connectivity index (χ1) is 1.73. The van der Waals surface area contributed by atoms with Crippen LogP contribution in [0.15, 0.2) is 0 Å². The van der Waals surface area contributed by atoms with Crippen molar-refractivity contribution in [3.8, 4) is 0 Å². The second-order valence-electron chi connectivity index (χ2n) is 0.283. The van der Waals surface area contributed by atoms with Crippen molar-refractivity contribution in [1.82, 2.24) is 0 Å². The molecule has 0 saturated carbocycles. The molecule has 0 aromatic heterocycles. The molecule has 0 saturated heterocycles. The molecule has 0 aliphatic carbocycles. The standard InChI is InChI=1S/CH2O3.Mg.Zr.2H/c2-1(3)4;;;;/h(H2,2,3,4);;;;. The summed E-state index contributed by atoms with van der Waals surface area (Å²) in [6.07, 6.45) is -1.83. The topological polar surface area (TPSA) is 57.5 Å². The fraction of sp³-hybridized carbons (Fsp3) is 0. The van der Waals surface area contributed by atoms with Crippen LogP contribution in [0.4, 0.5) is 4.79 Å². The molecule has 0 aliphatic heterocycles. The zero-order valence-corrected chi connectivity index (χ0v) is 4.76. The Kier molecular flexibility index (Phi) is 24.5. The Hall–Kier alpha value is 0.919. The van der Waals surface area contributed by atoms with E-state index in [1.54, 1.807) is 0 Å². The summed E-state index contributed by atoms with van der Waals surface area (Å²) in [4.78, 5) is 8.56. The molecule has 0 aliphatic rings. The molecule has 3 nitrogen and oxygen atoms in total. The minimum absolute atomic E-state index is 0. The third-order valence-electron chi connectivity index (χ3n) is 0. The van der Waals surface area contributed by atoms with Crippen molar-refractivity contribution in [2.45, 2.75) is 0 Å². The van der Waals surface area contributed by atoms with Gasteiger partial charge in [0.25, 0.3) is 0 Å². The minimum Gasteiger partial charge on any atom is -0.450 e. The Morgan fingerprint density at radius 2 is 1.33 bits per heavy atom. The fourth-order valence-electron chi connectivity index (χ4n) is 0. The maximum atomic E-state index is 8.56. The molecule has 0 rings (SSSR count). The monoisotopic (exact) mass is 178 g/mol. The maximum Gasteiger partial charge on any atom is 0.503 e. The molecule has 0 aromatic rings. The predicted octanol–water partition coefficient (Wildman–Crippen LogP) is -0.696. The number of rotatable bonds is 0. The molecular weight excluding hydrogens is 176 g/mol. The minimum atomic E-state index is -1.83. The van der Waals surface area contributed by atoms with Gasteiger partial charge in [-0.05, 0) is 0 Å². The van der Waals surface area contributed by atoms with Crippen molar-refractivity contribution in [2.75, 3.05) is 0 Å². The molecule has 5 heteroatoms. The Morgan fingerprint density at radius 3 is 1.33 bits per heavy atom. The molecule has 0 bridgehead atoms. The number of hydrogen-bond donors (Lipinski definition) is 2. The molecule has 32 valence electrons. The summed E-state index contributed by atoms with van der Waals surface area (Å²) in [5.41, 5.74) is 0. The SMILES string of the molecule is O=C(O)O.[MgH2].[Zr]. The summed E-state index contributed by atoms with van der Waals surface area (Å²) >= 11 is 0. The van der Waals surface area contributed by atoms with Gasteiger partial charge in [0.15, 0.2) is 0 Å². The van der Waals surface area contributed by atoms with Crippen LogP contribution in [-0.4, -0.2) is 39.4 Å². The number of hydrogen-bond acceptors (Lipinski definition) is 1. The van der Waals surface area contributed by atoms with E-state index in [1.807, 2.05) is 0 Å². The van der Waals surface area contributed by atoms with E-state index in [4.69, 9.17) is 15.0 Å². The van der Waals surface area contributed by atoms with Crippen LogP contribution < -0.4 is 0 Å². The summed E-state index contributed by atoms with van der Waals surface area (Å²) in [5.74, 6) is 0. The van der Waals surface area contributed by atoms with Gasteiger partial charge in [0.1, 0.15) is 0 Å². The van der Waals surface area contributed by atoms with Crippen LogP contribution in [0.1, 0.15) is 0 Å². The largest absolute Gasteiger partial charge is 0.503 e. The smallest absolute Gasteiger partial charge is 0.450 e. The van der Waals surface area contributed by atoms with E-state index < -0.39 is 6.16 Å². The molecule has 0 fully saturated rings. The molecule has 2 N–H and O–H groups in total. The first kappa shape index (κ1) is 15.8. The van der Waals surface area contributed by atoms with Crippen molar-refractivity contribution in [3.05, 3.63) is 0 Å². The van der Waals surface area contributed by atoms with Crippen LogP contribution in [0, 0.1) is 0 Å².